The zero-order valence-electron chi connectivity index (χ0n) is 11.0. The molecule has 1 N–H and O–H groups in total. The van der Waals surface area contributed by atoms with Crippen LogP contribution < -0.4 is 0 Å². The number of fused-ring (bicyclic) bond motifs is 1. The first-order valence-corrected chi connectivity index (χ1v) is 7.78. The van der Waals surface area contributed by atoms with Crippen molar-refractivity contribution in [2.75, 3.05) is 6.54 Å². The minimum atomic E-state index is -0.00167. The molecule has 0 unspecified atom stereocenters. The number of rotatable bonds is 1. The minimum Gasteiger partial charge on any atom is -0.393 e. The van der Waals surface area contributed by atoms with Crippen molar-refractivity contribution in [3.05, 3.63) is 0 Å². The monoisotopic (exact) mass is 237 g/mol. The van der Waals surface area contributed by atoms with Crippen LogP contribution in [0.15, 0.2) is 0 Å². The SMILES string of the molecule is OC1CCC(N2CCC[C@H]3CCCC[C@H]32)CC1. The van der Waals surface area contributed by atoms with Gasteiger partial charge in [0.05, 0.1) is 6.10 Å². The minimum absolute atomic E-state index is 0.00167. The molecule has 1 aliphatic heterocycles. The van der Waals surface area contributed by atoms with Gasteiger partial charge in [-0.15, -0.1) is 0 Å². The third-order valence-corrected chi connectivity index (χ3v) is 5.42. The lowest BCUT2D eigenvalue weighted by molar-refractivity contribution is -0.00428. The van der Waals surface area contributed by atoms with Gasteiger partial charge in [-0.3, -0.25) is 4.90 Å². The molecule has 2 saturated carbocycles. The number of piperidine rings is 1. The van der Waals surface area contributed by atoms with Gasteiger partial charge in [0.15, 0.2) is 0 Å². The van der Waals surface area contributed by atoms with E-state index in [-0.39, 0.29) is 6.10 Å². The Morgan fingerprint density at radius 3 is 2.29 bits per heavy atom. The van der Waals surface area contributed by atoms with Gasteiger partial charge in [-0.25, -0.2) is 0 Å². The normalized spacial score (nSPS) is 44.3. The average Bonchev–Trinajstić information content (AvgIpc) is 2.39. The summed E-state index contributed by atoms with van der Waals surface area (Å²) in [4.78, 5) is 2.85. The van der Waals surface area contributed by atoms with Crippen molar-refractivity contribution in [3.8, 4) is 0 Å². The molecule has 0 radical (unpaired) electrons. The number of aliphatic hydroxyl groups excluding tert-OH is 1. The summed E-state index contributed by atoms with van der Waals surface area (Å²) in [6, 6.07) is 1.70. The molecule has 0 aromatic rings. The van der Waals surface area contributed by atoms with Gasteiger partial charge < -0.3 is 5.11 Å². The molecule has 2 aliphatic carbocycles. The molecular weight excluding hydrogens is 210 g/mol. The van der Waals surface area contributed by atoms with E-state index in [0.29, 0.717) is 0 Å². The molecule has 2 atom stereocenters. The summed E-state index contributed by atoms with van der Waals surface area (Å²) in [5.41, 5.74) is 0. The topological polar surface area (TPSA) is 23.5 Å². The first kappa shape index (κ1) is 12.0. The average molecular weight is 237 g/mol. The molecule has 0 aromatic carbocycles. The van der Waals surface area contributed by atoms with Crippen LogP contribution in [0, 0.1) is 5.92 Å². The second-order valence-electron chi connectivity index (χ2n) is 6.45. The van der Waals surface area contributed by atoms with E-state index >= 15 is 0 Å². The Bertz CT molecular complexity index is 245. The van der Waals surface area contributed by atoms with Gasteiger partial charge in [-0.1, -0.05) is 12.8 Å². The fraction of sp³-hybridized carbons (Fsp3) is 1.00. The summed E-state index contributed by atoms with van der Waals surface area (Å²) in [7, 11) is 0. The summed E-state index contributed by atoms with van der Waals surface area (Å²) in [5.74, 6) is 1.00. The first-order chi connectivity index (χ1) is 8.34. The van der Waals surface area contributed by atoms with Gasteiger partial charge >= 0.3 is 0 Å². The zero-order valence-corrected chi connectivity index (χ0v) is 11.0. The molecule has 0 bridgehead atoms. The Balaban J connectivity index is 1.64. The second kappa shape index (κ2) is 5.27. The van der Waals surface area contributed by atoms with E-state index in [2.05, 4.69) is 4.90 Å². The lowest BCUT2D eigenvalue weighted by Crippen LogP contribution is -2.52. The molecular formula is C15H27NO. The number of likely N-dealkylation sites (tertiary alicyclic amines) is 1. The van der Waals surface area contributed by atoms with Crippen molar-refractivity contribution in [3.63, 3.8) is 0 Å². The molecule has 0 amide bonds. The van der Waals surface area contributed by atoms with Gasteiger partial charge in [0.2, 0.25) is 0 Å². The highest BCUT2D eigenvalue weighted by molar-refractivity contribution is 4.92. The summed E-state index contributed by atoms with van der Waals surface area (Å²) in [6.45, 7) is 1.34. The maximum absolute atomic E-state index is 9.64. The van der Waals surface area contributed by atoms with Gasteiger partial charge in [0.25, 0.3) is 0 Å². The van der Waals surface area contributed by atoms with E-state index in [1.807, 2.05) is 0 Å². The van der Waals surface area contributed by atoms with Crippen LogP contribution in [0.25, 0.3) is 0 Å². The Kier molecular flexibility index (Phi) is 3.72. The van der Waals surface area contributed by atoms with E-state index in [9.17, 15) is 5.11 Å². The van der Waals surface area contributed by atoms with Crippen LogP contribution >= 0.6 is 0 Å². The van der Waals surface area contributed by atoms with E-state index in [0.717, 1.165) is 30.8 Å². The quantitative estimate of drug-likeness (QED) is 0.758. The summed E-state index contributed by atoms with van der Waals surface area (Å²) < 4.78 is 0. The molecule has 3 aliphatic rings. The third-order valence-electron chi connectivity index (χ3n) is 5.42. The summed E-state index contributed by atoms with van der Waals surface area (Å²) >= 11 is 0. The van der Waals surface area contributed by atoms with Crippen LogP contribution in [0.1, 0.15) is 64.2 Å². The second-order valence-corrected chi connectivity index (χ2v) is 6.45. The lowest BCUT2D eigenvalue weighted by atomic mass is 9.76. The molecule has 0 spiro atoms. The summed E-state index contributed by atoms with van der Waals surface area (Å²) in [5, 5.41) is 9.64. The van der Waals surface area contributed by atoms with Gasteiger partial charge in [-0.2, -0.15) is 0 Å². The van der Waals surface area contributed by atoms with Crippen molar-refractivity contribution >= 4 is 0 Å². The van der Waals surface area contributed by atoms with Crippen molar-refractivity contribution in [1.29, 1.82) is 0 Å². The van der Waals surface area contributed by atoms with E-state index in [1.165, 1.54) is 57.9 Å². The molecule has 98 valence electrons. The smallest absolute Gasteiger partial charge is 0.0541 e. The molecule has 3 rings (SSSR count). The molecule has 2 nitrogen and oxygen atoms in total. The van der Waals surface area contributed by atoms with Gasteiger partial charge in [0.1, 0.15) is 0 Å². The van der Waals surface area contributed by atoms with Crippen molar-refractivity contribution in [2.24, 2.45) is 5.92 Å². The van der Waals surface area contributed by atoms with Crippen LogP contribution in [0.2, 0.25) is 0 Å². The number of aliphatic hydroxyl groups is 1. The maximum atomic E-state index is 9.64. The largest absolute Gasteiger partial charge is 0.393 e. The summed E-state index contributed by atoms with van der Waals surface area (Å²) in [6.07, 6.45) is 13.3. The van der Waals surface area contributed by atoms with Gasteiger partial charge in [0, 0.05) is 12.1 Å². The van der Waals surface area contributed by atoms with Crippen LogP contribution in [-0.4, -0.2) is 34.7 Å². The molecule has 17 heavy (non-hydrogen) atoms. The number of hydrogen-bond acceptors (Lipinski definition) is 2. The van der Waals surface area contributed by atoms with E-state index in [4.69, 9.17) is 0 Å². The highest BCUT2D eigenvalue weighted by Gasteiger charge is 2.37. The molecule has 1 heterocycles. The van der Waals surface area contributed by atoms with Crippen LogP contribution in [0.5, 0.6) is 0 Å². The third kappa shape index (κ3) is 2.53. The molecule has 2 heteroatoms. The molecule has 3 fully saturated rings. The number of hydrogen-bond donors (Lipinski definition) is 1. The van der Waals surface area contributed by atoms with Crippen LogP contribution in [0.3, 0.4) is 0 Å². The Labute approximate surface area is 105 Å². The van der Waals surface area contributed by atoms with E-state index < -0.39 is 0 Å². The zero-order chi connectivity index (χ0) is 11.7. The molecule has 0 aromatic heterocycles. The number of nitrogens with zero attached hydrogens (tertiary/aromatic N) is 1. The van der Waals surface area contributed by atoms with Crippen molar-refractivity contribution in [1.82, 2.24) is 4.90 Å². The van der Waals surface area contributed by atoms with E-state index in [1.54, 1.807) is 0 Å². The van der Waals surface area contributed by atoms with Crippen LogP contribution in [0.4, 0.5) is 0 Å². The maximum Gasteiger partial charge on any atom is 0.0541 e. The fourth-order valence-corrected chi connectivity index (χ4v) is 4.51. The highest BCUT2D eigenvalue weighted by Crippen LogP contribution is 2.38. The first-order valence-electron chi connectivity index (χ1n) is 7.78. The van der Waals surface area contributed by atoms with Gasteiger partial charge in [-0.05, 0) is 63.8 Å². The van der Waals surface area contributed by atoms with Crippen molar-refractivity contribution < 1.29 is 5.11 Å². The molecule has 1 saturated heterocycles. The van der Waals surface area contributed by atoms with Crippen molar-refractivity contribution in [2.45, 2.75) is 82.4 Å². The highest BCUT2D eigenvalue weighted by atomic mass is 16.3. The fourth-order valence-electron chi connectivity index (χ4n) is 4.51. The Hall–Kier alpha value is -0.0800. The standard InChI is InChI=1S/C15H27NO/c17-14-9-7-13(8-10-14)16-11-3-5-12-4-1-2-6-15(12)16/h12-15,17H,1-11H2/t12-,13?,14?,15-/m1/s1. The Morgan fingerprint density at radius 1 is 0.765 bits per heavy atom. The predicted molar refractivity (Wildman–Crippen MR) is 69.9 cm³/mol. The van der Waals surface area contributed by atoms with Crippen LogP contribution in [-0.2, 0) is 0 Å². The lowest BCUT2D eigenvalue weighted by Gasteiger charge is -2.49. The predicted octanol–water partition coefficient (Wildman–Crippen LogP) is 2.94. The Morgan fingerprint density at radius 2 is 1.47 bits per heavy atom.